The van der Waals surface area contributed by atoms with Gasteiger partial charge in [-0.15, -0.1) is 0 Å². The molecule has 0 bridgehead atoms. The number of rotatable bonds is 4. The van der Waals surface area contributed by atoms with Crippen LogP contribution in [0.2, 0.25) is 0 Å². The Kier molecular flexibility index (Phi) is 6.64. The van der Waals surface area contributed by atoms with E-state index < -0.39 is 0 Å². The van der Waals surface area contributed by atoms with Crippen molar-refractivity contribution in [2.45, 2.75) is 0 Å². The van der Waals surface area contributed by atoms with Gasteiger partial charge in [0.15, 0.2) is 28.7 Å². The number of fused-ring (bicyclic) bond motifs is 6. The highest BCUT2D eigenvalue weighted by atomic mass is 16.3. The number of carbonyl (C=O) groups is 4. The van der Waals surface area contributed by atoms with Gasteiger partial charge in [0.1, 0.15) is 5.76 Å². The molecule has 0 atom stereocenters. The van der Waals surface area contributed by atoms with Gasteiger partial charge in [-0.3, -0.25) is 19.2 Å². The Morgan fingerprint density at radius 1 is 0.518 bits per heavy atom. The molecule has 7 nitrogen and oxygen atoms in total. The first kappa shape index (κ1) is 31.8. The third-order valence-corrected chi connectivity index (χ3v) is 11.2. The average Bonchev–Trinajstić information content (AvgIpc) is 3.98. The first-order valence-corrected chi connectivity index (χ1v) is 18.3. The standard InChI is InChI=1S/C49H28N2O5/c1-50-26-32(21-40-46(52)36-17-28-11-5-6-12-29(28)18-37(36)47(40)53)35-22-33(15-16-42(35)50)51-34(24-45-43(51)25-44(56-45)27-9-3-2-4-10-27)23-41-48(54)38-19-30-13-7-8-14-31(30)20-39(38)49(41)55/h2-26H,1H3. The minimum absolute atomic E-state index is 0.0803. The fourth-order valence-electron chi connectivity index (χ4n) is 8.40. The number of hydrogen-bond donors (Lipinski definition) is 0. The number of allylic oxidation sites excluding steroid dienone is 2. The van der Waals surface area contributed by atoms with E-state index in [1.807, 2.05) is 132 Å². The predicted molar refractivity (Wildman–Crippen MR) is 219 cm³/mol. The number of aryl methyl sites for hydroxylation is 1. The van der Waals surface area contributed by atoms with Crippen molar-refractivity contribution in [3.8, 4) is 17.0 Å². The number of hydrogen-bond acceptors (Lipinski definition) is 5. The molecule has 0 radical (unpaired) electrons. The third-order valence-electron chi connectivity index (χ3n) is 11.2. The van der Waals surface area contributed by atoms with Crippen LogP contribution >= 0.6 is 0 Å². The van der Waals surface area contributed by atoms with Crippen molar-refractivity contribution < 1.29 is 23.6 Å². The van der Waals surface area contributed by atoms with E-state index in [0.717, 1.165) is 49.2 Å². The maximum Gasteiger partial charge on any atom is 0.197 e. The zero-order valence-electron chi connectivity index (χ0n) is 29.9. The largest absolute Gasteiger partial charge is 0.454 e. The summed E-state index contributed by atoms with van der Waals surface area (Å²) in [7, 11) is 1.92. The summed E-state index contributed by atoms with van der Waals surface area (Å²) in [5.74, 6) is -0.560. The summed E-state index contributed by atoms with van der Waals surface area (Å²) < 4.78 is 10.4. The molecule has 0 unspecified atom stereocenters. The first-order valence-electron chi connectivity index (χ1n) is 18.3. The normalized spacial score (nSPS) is 13.9. The van der Waals surface area contributed by atoms with Gasteiger partial charge in [-0.1, -0.05) is 78.9 Å². The fourth-order valence-corrected chi connectivity index (χ4v) is 8.40. The highest BCUT2D eigenvalue weighted by molar-refractivity contribution is 6.43. The van der Waals surface area contributed by atoms with Crippen LogP contribution in [0, 0.1) is 0 Å². The van der Waals surface area contributed by atoms with Crippen molar-refractivity contribution in [3.05, 3.63) is 184 Å². The second-order valence-corrected chi connectivity index (χ2v) is 14.4. The van der Waals surface area contributed by atoms with Crippen LogP contribution in [0.15, 0.2) is 155 Å². The van der Waals surface area contributed by atoms with Crippen molar-refractivity contribution in [2.24, 2.45) is 7.05 Å². The molecule has 0 amide bonds. The van der Waals surface area contributed by atoms with Crippen LogP contribution in [0.25, 0.3) is 72.7 Å². The van der Waals surface area contributed by atoms with Crippen LogP contribution in [0.5, 0.6) is 0 Å². The second kappa shape index (κ2) is 11.7. The molecule has 264 valence electrons. The molecule has 6 aromatic carbocycles. The van der Waals surface area contributed by atoms with Gasteiger partial charge in [0, 0.05) is 75.3 Å². The van der Waals surface area contributed by atoms with Crippen molar-refractivity contribution in [1.29, 1.82) is 0 Å². The molecule has 0 saturated carbocycles. The topological polar surface area (TPSA) is 91.3 Å². The Labute approximate surface area is 319 Å². The van der Waals surface area contributed by atoms with E-state index in [1.165, 1.54) is 0 Å². The van der Waals surface area contributed by atoms with Gasteiger partial charge in [-0.25, -0.2) is 0 Å². The van der Waals surface area contributed by atoms with Crippen LogP contribution in [-0.4, -0.2) is 32.3 Å². The summed E-state index contributed by atoms with van der Waals surface area (Å²) in [6.45, 7) is 0. The highest BCUT2D eigenvalue weighted by Crippen LogP contribution is 2.38. The van der Waals surface area contributed by atoms with Gasteiger partial charge < -0.3 is 13.6 Å². The van der Waals surface area contributed by atoms with Crippen LogP contribution in [-0.2, 0) is 7.05 Å². The van der Waals surface area contributed by atoms with Gasteiger partial charge >= 0.3 is 0 Å². The van der Waals surface area contributed by atoms with E-state index in [0.29, 0.717) is 44.9 Å². The van der Waals surface area contributed by atoms with Crippen molar-refractivity contribution >= 4 is 78.8 Å². The SMILES string of the molecule is Cn1cc(C=C2C(=O)c3cc4ccccc4cc3C2=O)c2cc(-n3c(C=C4C(=O)c5cc6ccccc6cc5C4=O)cc4oc(-c5ccccc5)cc43)ccc21. The summed E-state index contributed by atoms with van der Waals surface area (Å²) in [5, 5.41) is 4.41. The molecule has 0 aliphatic heterocycles. The molecule has 0 fully saturated rings. The zero-order valence-corrected chi connectivity index (χ0v) is 29.9. The number of furan rings is 1. The Bertz CT molecular complexity index is 3220. The summed E-state index contributed by atoms with van der Waals surface area (Å²) in [4.78, 5) is 55.3. The number of carbonyl (C=O) groups excluding carboxylic acids is 4. The van der Waals surface area contributed by atoms with Crippen LogP contribution in [0.4, 0.5) is 0 Å². The monoisotopic (exact) mass is 724 g/mol. The molecule has 0 N–H and O–H groups in total. The molecule has 2 aliphatic carbocycles. The minimum atomic E-state index is -0.322. The van der Waals surface area contributed by atoms with Crippen LogP contribution < -0.4 is 0 Å². The second-order valence-electron chi connectivity index (χ2n) is 14.4. The molecule has 0 saturated heterocycles. The number of benzene rings is 6. The highest BCUT2D eigenvalue weighted by Gasteiger charge is 2.35. The smallest absolute Gasteiger partial charge is 0.197 e. The van der Waals surface area contributed by atoms with Crippen LogP contribution in [0.3, 0.4) is 0 Å². The average molecular weight is 725 g/mol. The lowest BCUT2D eigenvalue weighted by Gasteiger charge is -2.10. The van der Waals surface area contributed by atoms with Gasteiger partial charge in [0.2, 0.25) is 0 Å². The van der Waals surface area contributed by atoms with Gasteiger partial charge in [0.05, 0.1) is 22.4 Å². The number of ketones is 4. The lowest BCUT2D eigenvalue weighted by atomic mass is 10.0. The molecule has 3 aromatic heterocycles. The van der Waals surface area contributed by atoms with E-state index in [-0.39, 0.29) is 34.3 Å². The van der Waals surface area contributed by atoms with Gasteiger partial charge in [-0.05, 0) is 76.2 Å². The fraction of sp³-hybridized carbons (Fsp3) is 0.0204. The number of aromatic nitrogens is 2. The minimum Gasteiger partial charge on any atom is -0.454 e. The van der Waals surface area contributed by atoms with E-state index >= 15 is 0 Å². The van der Waals surface area contributed by atoms with E-state index in [9.17, 15) is 19.2 Å². The third kappa shape index (κ3) is 4.64. The summed E-state index contributed by atoms with van der Waals surface area (Å²) >= 11 is 0. The van der Waals surface area contributed by atoms with Crippen molar-refractivity contribution in [1.82, 2.24) is 9.13 Å². The first-order chi connectivity index (χ1) is 27.3. The lowest BCUT2D eigenvalue weighted by Crippen LogP contribution is -2.03. The van der Waals surface area contributed by atoms with E-state index in [2.05, 4.69) is 0 Å². The zero-order chi connectivity index (χ0) is 37.8. The van der Waals surface area contributed by atoms with Crippen molar-refractivity contribution in [3.63, 3.8) is 0 Å². The van der Waals surface area contributed by atoms with Gasteiger partial charge in [0.25, 0.3) is 0 Å². The molecular weight excluding hydrogens is 697 g/mol. The molecule has 56 heavy (non-hydrogen) atoms. The van der Waals surface area contributed by atoms with E-state index in [1.54, 1.807) is 36.4 Å². The van der Waals surface area contributed by atoms with Crippen LogP contribution in [0.1, 0.15) is 52.7 Å². The van der Waals surface area contributed by atoms with E-state index in [4.69, 9.17) is 4.42 Å². The maximum absolute atomic E-state index is 13.9. The Morgan fingerprint density at radius 2 is 1.04 bits per heavy atom. The molecule has 7 heteroatoms. The molecule has 0 spiro atoms. The number of Topliss-reactive ketones (excluding diaryl/α,β-unsaturated/α-hetero) is 4. The molecule has 9 aromatic rings. The quantitative estimate of drug-likeness (QED) is 0.133. The molecule has 2 aliphatic rings. The number of nitrogens with zero attached hydrogens (tertiary/aromatic N) is 2. The summed E-state index contributed by atoms with van der Waals surface area (Å²) in [6.07, 6.45) is 5.26. The van der Waals surface area contributed by atoms with Gasteiger partial charge in [-0.2, -0.15) is 0 Å². The molecule has 3 heterocycles. The Balaban J connectivity index is 1.07. The Hall–Kier alpha value is -7.64. The lowest BCUT2D eigenvalue weighted by molar-refractivity contribution is 0.0975. The van der Waals surface area contributed by atoms with Crippen molar-refractivity contribution in [2.75, 3.05) is 0 Å². The predicted octanol–water partition coefficient (Wildman–Crippen LogP) is 10.6. The summed E-state index contributed by atoms with van der Waals surface area (Å²) in [6, 6.07) is 42.2. The molecule has 11 rings (SSSR count). The summed E-state index contributed by atoms with van der Waals surface area (Å²) in [5.41, 5.74) is 6.98. The maximum atomic E-state index is 13.9. The Morgan fingerprint density at radius 3 is 1.59 bits per heavy atom. The molecular formula is C49H28N2O5.